The summed E-state index contributed by atoms with van der Waals surface area (Å²) in [5.74, 6) is 0. The molecule has 0 radical (unpaired) electrons. The summed E-state index contributed by atoms with van der Waals surface area (Å²) in [5.41, 5.74) is 3.02. The maximum absolute atomic E-state index is 12.5. The number of carbonyl (C=O) groups is 1. The van der Waals surface area contributed by atoms with E-state index in [2.05, 4.69) is 10.6 Å². The summed E-state index contributed by atoms with van der Waals surface area (Å²) in [6, 6.07) is 14.3. The number of carbonyl (C=O) groups excluding carboxylic acids is 1. The number of urea groups is 1. The molecule has 0 aromatic heterocycles. The molecule has 146 valence electrons. The Bertz CT molecular complexity index is 860. The highest BCUT2D eigenvalue weighted by molar-refractivity contribution is 7.89. The first-order chi connectivity index (χ1) is 12.9. The fourth-order valence-corrected chi connectivity index (χ4v) is 4.20. The van der Waals surface area contributed by atoms with Crippen LogP contribution in [0.1, 0.15) is 30.5 Å². The van der Waals surface area contributed by atoms with Gasteiger partial charge in [-0.05, 0) is 30.2 Å². The van der Waals surface area contributed by atoms with Gasteiger partial charge in [-0.25, -0.2) is 13.2 Å². The standard InChI is InChI=1S/C20H27N3O3S/c1-4-23(5-2)27(25,26)19-11-9-17(10-12-19)14-21-20(24)22-15-18-8-6-7-16(3)13-18/h6-13H,4-5,14-15H2,1-3H3,(H2,21,22,24). The Morgan fingerprint density at radius 3 is 2.07 bits per heavy atom. The molecule has 2 aromatic rings. The van der Waals surface area contributed by atoms with Crippen molar-refractivity contribution in [2.75, 3.05) is 13.1 Å². The van der Waals surface area contributed by atoms with Crippen LogP contribution in [0.5, 0.6) is 0 Å². The molecule has 0 unspecified atom stereocenters. The molecule has 0 saturated carbocycles. The summed E-state index contributed by atoms with van der Waals surface area (Å²) in [4.78, 5) is 12.2. The summed E-state index contributed by atoms with van der Waals surface area (Å²) < 4.78 is 26.3. The predicted octanol–water partition coefficient (Wildman–Crippen LogP) is 3.02. The van der Waals surface area contributed by atoms with Gasteiger partial charge in [0.2, 0.25) is 10.0 Å². The predicted molar refractivity (Wildman–Crippen MR) is 107 cm³/mol. The Morgan fingerprint density at radius 1 is 0.926 bits per heavy atom. The van der Waals surface area contributed by atoms with Crippen LogP contribution in [0.15, 0.2) is 53.4 Å². The lowest BCUT2D eigenvalue weighted by molar-refractivity contribution is 0.240. The van der Waals surface area contributed by atoms with Crippen LogP contribution < -0.4 is 10.6 Å². The minimum absolute atomic E-state index is 0.263. The van der Waals surface area contributed by atoms with Gasteiger partial charge in [0.15, 0.2) is 0 Å². The van der Waals surface area contributed by atoms with Crippen LogP contribution in [0.3, 0.4) is 0 Å². The topological polar surface area (TPSA) is 78.5 Å². The van der Waals surface area contributed by atoms with Crippen LogP contribution in [-0.4, -0.2) is 31.8 Å². The van der Waals surface area contributed by atoms with Crippen molar-refractivity contribution in [1.29, 1.82) is 0 Å². The number of sulfonamides is 1. The molecule has 27 heavy (non-hydrogen) atoms. The van der Waals surface area contributed by atoms with Crippen molar-refractivity contribution in [2.45, 2.75) is 38.8 Å². The third kappa shape index (κ3) is 5.80. The lowest BCUT2D eigenvalue weighted by Gasteiger charge is -2.18. The zero-order chi connectivity index (χ0) is 19.9. The van der Waals surface area contributed by atoms with E-state index in [-0.39, 0.29) is 10.9 Å². The molecule has 2 rings (SSSR count). The molecule has 0 spiro atoms. The number of hydrogen-bond donors (Lipinski definition) is 2. The van der Waals surface area contributed by atoms with Gasteiger partial charge >= 0.3 is 6.03 Å². The smallest absolute Gasteiger partial charge is 0.315 e. The second-order valence-electron chi connectivity index (χ2n) is 6.26. The van der Waals surface area contributed by atoms with Crippen molar-refractivity contribution in [1.82, 2.24) is 14.9 Å². The summed E-state index contributed by atoms with van der Waals surface area (Å²) in [6.07, 6.45) is 0. The molecule has 2 amide bonds. The molecule has 7 heteroatoms. The van der Waals surface area contributed by atoms with Gasteiger partial charge in [-0.1, -0.05) is 55.8 Å². The Balaban J connectivity index is 1.88. The second-order valence-corrected chi connectivity index (χ2v) is 8.20. The highest BCUT2D eigenvalue weighted by Crippen LogP contribution is 2.16. The van der Waals surface area contributed by atoms with Gasteiger partial charge in [0.1, 0.15) is 0 Å². The maximum atomic E-state index is 12.5. The van der Waals surface area contributed by atoms with Crippen molar-refractivity contribution in [3.8, 4) is 0 Å². The maximum Gasteiger partial charge on any atom is 0.315 e. The average molecular weight is 390 g/mol. The molecular weight excluding hydrogens is 362 g/mol. The van der Waals surface area contributed by atoms with E-state index in [1.54, 1.807) is 24.3 Å². The van der Waals surface area contributed by atoms with Crippen LogP contribution in [0.2, 0.25) is 0 Å². The monoisotopic (exact) mass is 389 g/mol. The first kappa shape index (κ1) is 20.9. The quantitative estimate of drug-likeness (QED) is 0.728. The summed E-state index contributed by atoms with van der Waals surface area (Å²) >= 11 is 0. The number of amides is 2. The summed E-state index contributed by atoms with van der Waals surface area (Å²) in [5, 5.41) is 5.59. The Hall–Kier alpha value is -2.38. The molecule has 0 atom stereocenters. The zero-order valence-electron chi connectivity index (χ0n) is 16.0. The van der Waals surface area contributed by atoms with Crippen molar-refractivity contribution >= 4 is 16.1 Å². The SMILES string of the molecule is CCN(CC)S(=O)(=O)c1ccc(CNC(=O)NCc2cccc(C)c2)cc1. The van der Waals surface area contributed by atoms with Crippen LogP contribution in [0.4, 0.5) is 4.79 Å². The van der Waals surface area contributed by atoms with E-state index in [4.69, 9.17) is 0 Å². The third-order valence-electron chi connectivity index (χ3n) is 4.26. The van der Waals surface area contributed by atoms with E-state index < -0.39 is 10.0 Å². The van der Waals surface area contributed by atoms with E-state index >= 15 is 0 Å². The van der Waals surface area contributed by atoms with E-state index in [0.29, 0.717) is 26.2 Å². The fourth-order valence-electron chi connectivity index (χ4n) is 2.74. The normalized spacial score (nSPS) is 11.4. The highest BCUT2D eigenvalue weighted by Gasteiger charge is 2.21. The number of rotatable bonds is 8. The third-order valence-corrected chi connectivity index (χ3v) is 6.32. The molecular formula is C20H27N3O3S. The van der Waals surface area contributed by atoms with Crippen molar-refractivity contribution in [3.63, 3.8) is 0 Å². The molecule has 0 bridgehead atoms. The van der Waals surface area contributed by atoms with Crippen LogP contribution >= 0.6 is 0 Å². The first-order valence-corrected chi connectivity index (χ1v) is 10.5. The lowest BCUT2D eigenvalue weighted by atomic mass is 10.1. The first-order valence-electron chi connectivity index (χ1n) is 9.03. The van der Waals surface area contributed by atoms with Gasteiger partial charge in [0.05, 0.1) is 4.90 Å². The molecule has 0 aliphatic heterocycles. The summed E-state index contributed by atoms with van der Waals surface area (Å²) in [7, 11) is -3.46. The van der Waals surface area contributed by atoms with Gasteiger partial charge in [-0.15, -0.1) is 0 Å². The lowest BCUT2D eigenvalue weighted by Crippen LogP contribution is -2.34. The highest BCUT2D eigenvalue weighted by atomic mass is 32.2. The van der Waals surface area contributed by atoms with E-state index in [0.717, 1.165) is 16.7 Å². The van der Waals surface area contributed by atoms with Crippen molar-refractivity contribution in [3.05, 3.63) is 65.2 Å². The van der Waals surface area contributed by atoms with Gasteiger partial charge in [0.25, 0.3) is 0 Å². The zero-order valence-corrected chi connectivity index (χ0v) is 16.8. The molecule has 6 nitrogen and oxygen atoms in total. The minimum atomic E-state index is -3.46. The number of aryl methyl sites for hydroxylation is 1. The Labute approximate surface area is 161 Å². The van der Waals surface area contributed by atoms with Gasteiger partial charge in [-0.2, -0.15) is 4.31 Å². The molecule has 0 fully saturated rings. The molecule has 2 N–H and O–H groups in total. The number of nitrogens with one attached hydrogen (secondary N) is 2. The molecule has 0 aliphatic carbocycles. The number of hydrogen-bond acceptors (Lipinski definition) is 3. The van der Waals surface area contributed by atoms with Crippen molar-refractivity contribution in [2.24, 2.45) is 0 Å². The van der Waals surface area contributed by atoms with Crippen LogP contribution in [0.25, 0.3) is 0 Å². The van der Waals surface area contributed by atoms with Crippen molar-refractivity contribution < 1.29 is 13.2 Å². The molecule has 0 aliphatic rings. The van der Waals surface area contributed by atoms with E-state index in [1.807, 2.05) is 45.0 Å². The van der Waals surface area contributed by atoms with Gasteiger partial charge in [0, 0.05) is 26.2 Å². The Kier molecular flexibility index (Phi) is 7.38. The number of benzene rings is 2. The number of nitrogens with zero attached hydrogens (tertiary/aromatic N) is 1. The fraction of sp³-hybridized carbons (Fsp3) is 0.350. The second kappa shape index (κ2) is 9.53. The van der Waals surface area contributed by atoms with E-state index in [9.17, 15) is 13.2 Å². The minimum Gasteiger partial charge on any atom is -0.334 e. The van der Waals surface area contributed by atoms with E-state index in [1.165, 1.54) is 4.31 Å². The molecule has 0 heterocycles. The van der Waals surface area contributed by atoms with Crippen LogP contribution in [-0.2, 0) is 23.1 Å². The molecule has 2 aromatic carbocycles. The average Bonchev–Trinajstić information content (AvgIpc) is 2.66. The van der Waals surface area contributed by atoms with Crippen LogP contribution in [0, 0.1) is 6.92 Å². The Morgan fingerprint density at radius 2 is 1.52 bits per heavy atom. The largest absolute Gasteiger partial charge is 0.334 e. The van der Waals surface area contributed by atoms with Gasteiger partial charge < -0.3 is 10.6 Å². The molecule has 0 saturated heterocycles. The summed E-state index contributed by atoms with van der Waals surface area (Å²) in [6.45, 7) is 7.28. The van der Waals surface area contributed by atoms with Gasteiger partial charge in [-0.3, -0.25) is 0 Å².